The zero-order valence-corrected chi connectivity index (χ0v) is 20.0. The van der Waals surface area contributed by atoms with Crippen molar-refractivity contribution in [3.8, 4) is 5.75 Å². The van der Waals surface area contributed by atoms with Crippen LogP contribution >= 0.6 is 11.8 Å². The van der Waals surface area contributed by atoms with Crippen LogP contribution in [0.2, 0.25) is 0 Å². The van der Waals surface area contributed by atoms with Crippen LogP contribution in [0.5, 0.6) is 5.75 Å². The highest BCUT2D eigenvalue weighted by Gasteiger charge is 2.15. The first-order valence-corrected chi connectivity index (χ1v) is 12.2. The Kier molecular flexibility index (Phi) is 11.0. The molecule has 0 aromatic heterocycles. The van der Waals surface area contributed by atoms with Gasteiger partial charge in [0, 0.05) is 54.7 Å². The lowest BCUT2D eigenvalue weighted by Gasteiger charge is -2.25. The quantitative estimate of drug-likeness (QED) is 0.587. The minimum Gasteiger partial charge on any atom is -0.494 e. The summed E-state index contributed by atoms with van der Waals surface area (Å²) in [6.07, 6.45) is 1.16. The number of nitrogens with two attached hydrogens (primary N) is 1. The highest BCUT2D eigenvalue weighted by molar-refractivity contribution is 7.99. The molecule has 30 heavy (non-hydrogen) atoms. The van der Waals surface area contributed by atoms with Crippen LogP contribution in [0.15, 0.2) is 53.4 Å². The van der Waals surface area contributed by atoms with Crippen molar-refractivity contribution in [1.29, 1.82) is 0 Å². The maximum atomic E-state index is 5.58. The number of nitrogens with zero attached hydrogens (tertiary/aromatic N) is 2. The fraction of sp³-hybridized carbons (Fsp3) is 0.520. The van der Waals surface area contributed by atoms with E-state index in [0.29, 0.717) is 6.61 Å². The SMILES string of the molecule is CC(C)C.CCOc1ccc(N2CCCN(c3ccc(SCCN)cc3)CC2)cc1. The number of anilines is 2. The molecule has 0 aliphatic carbocycles. The van der Waals surface area contributed by atoms with Gasteiger partial charge in [-0.3, -0.25) is 0 Å². The second-order valence-corrected chi connectivity index (χ2v) is 9.29. The number of rotatable bonds is 7. The second-order valence-electron chi connectivity index (χ2n) is 8.12. The molecule has 1 heterocycles. The summed E-state index contributed by atoms with van der Waals surface area (Å²) in [5, 5.41) is 0. The van der Waals surface area contributed by atoms with Crippen molar-refractivity contribution in [1.82, 2.24) is 0 Å². The van der Waals surface area contributed by atoms with Gasteiger partial charge in [0.05, 0.1) is 6.61 Å². The molecule has 0 saturated carbocycles. The van der Waals surface area contributed by atoms with Crippen molar-refractivity contribution < 1.29 is 4.74 Å². The Balaban J connectivity index is 0.000000735. The van der Waals surface area contributed by atoms with E-state index in [1.54, 1.807) is 0 Å². The van der Waals surface area contributed by atoms with E-state index < -0.39 is 0 Å². The Morgan fingerprint density at radius 3 is 1.83 bits per heavy atom. The first-order chi connectivity index (χ1) is 14.5. The number of hydrogen-bond donors (Lipinski definition) is 1. The average molecular weight is 430 g/mol. The van der Waals surface area contributed by atoms with Gasteiger partial charge < -0.3 is 20.3 Å². The summed E-state index contributed by atoms with van der Waals surface area (Å²) in [6, 6.07) is 17.4. The van der Waals surface area contributed by atoms with Crippen LogP contribution in [-0.4, -0.2) is 45.1 Å². The summed E-state index contributed by atoms with van der Waals surface area (Å²) in [5.41, 5.74) is 8.18. The van der Waals surface area contributed by atoms with Gasteiger partial charge in [0.15, 0.2) is 0 Å². The minimum absolute atomic E-state index is 0.710. The fourth-order valence-corrected chi connectivity index (χ4v) is 3.97. The molecule has 3 rings (SSSR count). The van der Waals surface area contributed by atoms with E-state index in [2.05, 4.69) is 79.1 Å². The van der Waals surface area contributed by atoms with Crippen LogP contribution in [0.25, 0.3) is 0 Å². The molecule has 1 aliphatic heterocycles. The second kappa shape index (κ2) is 13.5. The van der Waals surface area contributed by atoms with E-state index in [-0.39, 0.29) is 0 Å². The highest BCUT2D eigenvalue weighted by atomic mass is 32.2. The van der Waals surface area contributed by atoms with Crippen LogP contribution in [0.1, 0.15) is 34.1 Å². The molecule has 0 spiro atoms. The number of ether oxygens (including phenoxy) is 1. The lowest BCUT2D eigenvalue weighted by molar-refractivity contribution is 0.340. The van der Waals surface area contributed by atoms with E-state index in [4.69, 9.17) is 10.5 Å². The van der Waals surface area contributed by atoms with Gasteiger partial charge in [-0.15, -0.1) is 11.8 Å². The molecule has 4 nitrogen and oxygen atoms in total. The Morgan fingerprint density at radius 2 is 1.37 bits per heavy atom. The van der Waals surface area contributed by atoms with Gasteiger partial charge in [-0.05, 0) is 67.8 Å². The molecule has 5 heteroatoms. The number of thioether (sulfide) groups is 1. The highest BCUT2D eigenvalue weighted by Crippen LogP contribution is 2.25. The zero-order chi connectivity index (χ0) is 21.8. The number of hydrogen-bond acceptors (Lipinski definition) is 5. The van der Waals surface area contributed by atoms with E-state index in [1.165, 1.54) is 16.3 Å². The third-order valence-corrected chi connectivity index (χ3v) is 5.64. The van der Waals surface area contributed by atoms with Gasteiger partial charge in [0.1, 0.15) is 5.75 Å². The third kappa shape index (κ3) is 8.49. The molecule has 166 valence electrons. The molecular weight excluding hydrogens is 390 g/mol. The summed E-state index contributed by atoms with van der Waals surface area (Å²) >= 11 is 1.82. The van der Waals surface area contributed by atoms with Crippen molar-refractivity contribution in [2.45, 2.75) is 39.0 Å². The molecule has 1 saturated heterocycles. The number of benzene rings is 2. The standard InChI is InChI=1S/C21H29N3OS.C4H10/c1-2-25-20-8-4-18(5-9-20)23-13-3-14-24(16-15-23)19-6-10-21(11-7-19)26-17-12-22;1-4(2)3/h4-11H,2-3,12-17,22H2,1H3;4H,1-3H3. The molecule has 0 atom stereocenters. The van der Waals surface area contributed by atoms with E-state index >= 15 is 0 Å². The average Bonchev–Trinajstić information content (AvgIpc) is 2.99. The first kappa shape index (κ1) is 24.4. The summed E-state index contributed by atoms with van der Waals surface area (Å²) in [5.74, 6) is 2.75. The normalized spacial score (nSPS) is 14.2. The summed E-state index contributed by atoms with van der Waals surface area (Å²) in [6.45, 7) is 14.2. The third-order valence-electron chi connectivity index (χ3n) is 4.60. The van der Waals surface area contributed by atoms with Crippen molar-refractivity contribution in [3.63, 3.8) is 0 Å². The van der Waals surface area contributed by atoms with Gasteiger partial charge >= 0.3 is 0 Å². The molecule has 2 N–H and O–H groups in total. The Bertz CT molecular complexity index is 701. The van der Waals surface area contributed by atoms with Crippen molar-refractivity contribution >= 4 is 23.1 Å². The molecule has 0 bridgehead atoms. The van der Waals surface area contributed by atoms with Crippen LogP contribution in [0, 0.1) is 5.92 Å². The minimum atomic E-state index is 0.710. The summed E-state index contributed by atoms with van der Waals surface area (Å²) in [7, 11) is 0. The van der Waals surface area contributed by atoms with Gasteiger partial charge in [0.2, 0.25) is 0 Å². The van der Waals surface area contributed by atoms with Gasteiger partial charge in [-0.25, -0.2) is 0 Å². The van der Waals surface area contributed by atoms with Crippen LogP contribution in [0.4, 0.5) is 11.4 Å². The predicted molar refractivity (Wildman–Crippen MR) is 133 cm³/mol. The Morgan fingerprint density at radius 1 is 0.867 bits per heavy atom. The largest absolute Gasteiger partial charge is 0.494 e. The molecular formula is C25H39N3OS. The van der Waals surface area contributed by atoms with E-state index in [1.807, 2.05) is 18.7 Å². The zero-order valence-electron chi connectivity index (χ0n) is 19.1. The van der Waals surface area contributed by atoms with Crippen molar-refractivity contribution in [2.75, 3.05) is 54.9 Å². The molecule has 2 aromatic carbocycles. The summed E-state index contributed by atoms with van der Waals surface area (Å²) < 4.78 is 5.55. The smallest absolute Gasteiger partial charge is 0.119 e. The lowest BCUT2D eigenvalue weighted by Crippen LogP contribution is -2.30. The van der Waals surface area contributed by atoms with Crippen molar-refractivity contribution in [3.05, 3.63) is 48.5 Å². The first-order valence-electron chi connectivity index (χ1n) is 11.2. The van der Waals surface area contributed by atoms with Gasteiger partial charge in [0.25, 0.3) is 0 Å². The molecule has 0 radical (unpaired) electrons. The lowest BCUT2D eigenvalue weighted by atomic mass is 10.2. The van der Waals surface area contributed by atoms with Gasteiger partial charge in [-0.1, -0.05) is 20.8 Å². The Hall–Kier alpha value is -1.85. The van der Waals surface area contributed by atoms with Crippen LogP contribution in [0.3, 0.4) is 0 Å². The van der Waals surface area contributed by atoms with Crippen LogP contribution in [-0.2, 0) is 0 Å². The molecule has 0 amide bonds. The monoisotopic (exact) mass is 429 g/mol. The molecule has 1 fully saturated rings. The Labute approximate surface area is 187 Å². The maximum absolute atomic E-state index is 5.58. The van der Waals surface area contributed by atoms with Crippen LogP contribution < -0.4 is 20.3 Å². The molecule has 0 unspecified atom stereocenters. The van der Waals surface area contributed by atoms with E-state index in [0.717, 1.165) is 56.6 Å². The van der Waals surface area contributed by atoms with E-state index in [9.17, 15) is 0 Å². The fourth-order valence-electron chi connectivity index (χ4n) is 3.28. The van der Waals surface area contributed by atoms with Gasteiger partial charge in [-0.2, -0.15) is 0 Å². The predicted octanol–water partition coefficient (Wildman–Crippen LogP) is 5.52. The molecule has 1 aliphatic rings. The summed E-state index contributed by atoms with van der Waals surface area (Å²) in [4.78, 5) is 6.26. The van der Waals surface area contributed by atoms with Crippen molar-refractivity contribution in [2.24, 2.45) is 11.7 Å². The maximum Gasteiger partial charge on any atom is 0.119 e. The molecule has 2 aromatic rings. The topological polar surface area (TPSA) is 41.7 Å².